The number of aromatic nitrogens is 2. The maximum absolute atomic E-state index is 11.7. The second-order valence-corrected chi connectivity index (χ2v) is 7.71. The van der Waals surface area contributed by atoms with Crippen molar-refractivity contribution in [2.75, 3.05) is 5.32 Å². The zero-order chi connectivity index (χ0) is 17.1. The van der Waals surface area contributed by atoms with Crippen LogP contribution in [0.1, 0.15) is 74.8 Å². The van der Waals surface area contributed by atoms with Crippen molar-refractivity contribution in [3.63, 3.8) is 0 Å². The van der Waals surface area contributed by atoms with Gasteiger partial charge in [-0.05, 0) is 62.7 Å². The highest BCUT2D eigenvalue weighted by atomic mass is 16.1. The number of rotatable bonds is 7. The van der Waals surface area contributed by atoms with Crippen LogP contribution < -0.4 is 11.1 Å². The molecule has 2 fully saturated rings. The molecule has 2 aliphatic carbocycles. The highest BCUT2D eigenvalue weighted by molar-refractivity contribution is 5.93. The zero-order valence-corrected chi connectivity index (χ0v) is 14.9. The number of amides is 1. The van der Waals surface area contributed by atoms with Gasteiger partial charge in [-0.1, -0.05) is 20.3 Å². The lowest BCUT2D eigenvalue weighted by molar-refractivity contribution is 0.0998. The molecule has 1 amide bonds. The minimum Gasteiger partial charge on any atom is -0.365 e. The smallest absolute Gasteiger partial charge is 0.252 e. The Kier molecular flexibility index (Phi) is 5.36. The van der Waals surface area contributed by atoms with E-state index in [1.165, 1.54) is 44.9 Å². The average Bonchev–Trinajstić information content (AvgIpc) is 3.40. The predicted molar refractivity (Wildman–Crippen MR) is 95.8 cm³/mol. The van der Waals surface area contributed by atoms with E-state index < -0.39 is 5.91 Å². The Bertz CT molecular complexity index is 577. The molecule has 132 valence electrons. The molecule has 0 saturated heterocycles. The summed E-state index contributed by atoms with van der Waals surface area (Å²) in [4.78, 5) is 20.7. The van der Waals surface area contributed by atoms with Crippen LogP contribution >= 0.6 is 0 Å². The van der Waals surface area contributed by atoms with Crippen molar-refractivity contribution < 1.29 is 4.79 Å². The molecular formula is C19H30N4O. The van der Waals surface area contributed by atoms with Crippen LogP contribution in [0.2, 0.25) is 0 Å². The summed E-state index contributed by atoms with van der Waals surface area (Å²) < 4.78 is 0. The summed E-state index contributed by atoms with van der Waals surface area (Å²) in [5.74, 6) is 2.42. The summed E-state index contributed by atoms with van der Waals surface area (Å²) >= 11 is 0. The molecule has 1 atom stereocenters. The van der Waals surface area contributed by atoms with E-state index in [9.17, 15) is 4.79 Å². The summed E-state index contributed by atoms with van der Waals surface area (Å²) in [5.41, 5.74) is 6.79. The highest BCUT2D eigenvalue weighted by Crippen LogP contribution is 2.38. The Labute approximate surface area is 144 Å². The average molecular weight is 330 g/mol. The molecule has 5 nitrogen and oxygen atoms in total. The Morgan fingerprint density at radius 3 is 2.58 bits per heavy atom. The van der Waals surface area contributed by atoms with E-state index in [-0.39, 0.29) is 0 Å². The second-order valence-electron chi connectivity index (χ2n) is 7.71. The quantitative estimate of drug-likeness (QED) is 0.801. The standard InChI is InChI=1S/C19H30N4O/c1-3-13-4-8-15(9-5-13)22-19-21-11-16(18(20)24)17(23-19)10-12(2)14-6-7-14/h11-15H,3-10H2,1-2H3,(H2,20,24)(H,21,22,23)/t12-,13?,15?/m0/s1. The number of primary amides is 1. The van der Waals surface area contributed by atoms with Crippen LogP contribution in [0, 0.1) is 17.8 Å². The molecule has 5 heteroatoms. The minimum absolute atomic E-state index is 0.428. The molecule has 24 heavy (non-hydrogen) atoms. The lowest BCUT2D eigenvalue weighted by Crippen LogP contribution is -2.27. The van der Waals surface area contributed by atoms with Crippen LogP contribution in [0.3, 0.4) is 0 Å². The van der Waals surface area contributed by atoms with Gasteiger partial charge in [-0.2, -0.15) is 0 Å². The summed E-state index contributed by atoms with van der Waals surface area (Å²) in [6.07, 6.45) is 11.2. The number of hydrogen-bond donors (Lipinski definition) is 2. The van der Waals surface area contributed by atoms with Gasteiger partial charge in [0.2, 0.25) is 5.95 Å². The van der Waals surface area contributed by atoms with Crippen molar-refractivity contribution in [1.29, 1.82) is 0 Å². The molecule has 0 spiro atoms. The Morgan fingerprint density at radius 1 is 1.29 bits per heavy atom. The molecular weight excluding hydrogens is 300 g/mol. The molecule has 1 aromatic rings. The van der Waals surface area contributed by atoms with Crippen LogP contribution in [0.15, 0.2) is 6.20 Å². The molecule has 0 aromatic carbocycles. The number of nitrogens with two attached hydrogens (primary N) is 1. The lowest BCUT2D eigenvalue weighted by Gasteiger charge is -2.28. The van der Waals surface area contributed by atoms with Crippen molar-refractivity contribution >= 4 is 11.9 Å². The van der Waals surface area contributed by atoms with Crippen LogP contribution in [0.25, 0.3) is 0 Å². The fourth-order valence-electron chi connectivity index (χ4n) is 3.88. The Hall–Kier alpha value is -1.65. The van der Waals surface area contributed by atoms with Gasteiger partial charge in [0.05, 0.1) is 11.3 Å². The van der Waals surface area contributed by atoms with Gasteiger partial charge in [-0.3, -0.25) is 4.79 Å². The largest absolute Gasteiger partial charge is 0.365 e. The monoisotopic (exact) mass is 330 g/mol. The van der Waals surface area contributed by atoms with Crippen LogP contribution in [-0.4, -0.2) is 21.9 Å². The van der Waals surface area contributed by atoms with E-state index in [0.29, 0.717) is 23.5 Å². The van der Waals surface area contributed by atoms with E-state index >= 15 is 0 Å². The van der Waals surface area contributed by atoms with E-state index in [1.807, 2.05) is 0 Å². The van der Waals surface area contributed by atoms with Crippen LogP contribution in [0.5, 0.6) is 0 Å². The third-order valence-electron chi connectivity index (χ3n) is 5.83. The first-order valence-electron chi connectivity index (χ1n) is 9.49. The van der Waals surface area contributed by atoms with Gasteiger partial charge < -0.3 is 11.1 Å². The predicted octanol–water partition coefficient (Wildman–Crippen LogP) is 3.54. The molecule has 1 aromatic heterocycles. The maximum atomic E-state index is 11.7. The molecule has 2 aliphatic rings. The molecule has 0 unspecified atom stereocenters. The fourth-order valence-corrected chi connectivity index (χ4v) is 3.88. The van der Waals surface area contributed by atoms with E-state index in [2.05, 4.69) is 29.1 Å². The molecule has 1 heterocycles. The van der Waals surface area contributed by atoms with Gasteiger partial charge in [0, 0.05) is 12.2 Å². The maximum Gasteiger partial charge on any atom is 0.252 e. The molecule has 3 N–H and O–H groups in total. The van der Waals surface area contributed by atoms with E-state index in [4.69, 9.17) is 5.73 Å². The van der Waals surface area contributed by atoms with Gasteiger partial charge in [-0.15, -0.1) is 0 Å². The first kappa shape index (κ1) is 17.2. The van der Waals surface area contributed by atoms with Crippen LogP contribution in [-0.2, 0) is 6.42 Å². The molecule has 0 aliphatic heterocycles. The summed E-state index contributed by atoms with van der Waals surface area (Å²) in [7, 11) is 0. The fraction of sp³-hybridized carbons (Fsp3) is 0.737. The van der Waals surface area contributed by atoms with Crippen molar-refractivity contribution in [2.45, 2.75) is 71.3 Å². The van der Waals surface area contributed by atoms with Crippen molar-refractivity contribution in [2.24, 2.45) is 23.5 Å². The van der Waals surface area contributed by atoms with Gasteiger partial charge in [-0.25, -0.2) is 9.97 Å². The molecule has 0 radical (unpaired) electrons. The summed E-state index contributed by atoms with van der Waals surface area (Å²) in [6.45, 7) is 4.51. The lowest BCUT2D eigenvalue weighted by atomic mass is 9.85. The summed E-state index contributed by atoms with van der Waals surface area (Å²) in [5, 5.41) is 3.48. The highest BCUT2D eigenvalue weighted by Gasteiger charge is 2.29. The topological polar surface area (TPSA) is 80.9 Å². The zero-order valence-electron chi connectivity index (χ0n) is 14.9. The Balaban J connectivity index is 1.68. The van der Waals surface area contributed by atoms with Crippen molar-refractivity contribution in [1.82, 2.24) is 9.97 Å². The number of hydrogen-bond acceptors (Lipinski definition) is 4. The number of nitrogens with one attached hydrogen (secondary N) is 1. The molecule has 2 saturated carbocycles. The number of carbonyl (C=O) groups excluding carboxylic acids is 1. The number of anilines is 1. The minimum atomic E-state index is -0.428. The first-order valence-corrected chi connectivity index (χ1v) is 9.49. The third-order valence-corrected chi connectivity index (χ3v) is 5.83. The van der Waals surface area contributed by atoms with E-state index in [1.54, 1.807) is 6.20 Å². The van der Waals surface area contributed by atoms with Gasteiger partial charge in [0.15, 0.2) is 0 Å². The number of nitrogens with zero attached hydrogens (tertiary/aromatic N) is 2. The third kappa shape index (κ3) is 4.25. The van der Waals surface area contributed by atoms with E-state index in [0.717, 1.165) is 24.0 Å². The first-order chi connectivity index (χ1) is 11.6. The normalized spacial score (nSPS) is 25.2. The SMILES string of the molecule is CCC1CCC(Nc2ncc(C(N)=O)c(C[C@H](C)C3CC3)n2)CC1. The second kappa shape index (κ2) is 7.49. The molecule has 0 bridgehead atoms. The van der Waals surface area contributed by atoms with Gasteiger partial charge in [0.25, 0.3) is 5.91 Å². The van der Waals surface area contributed by atoms with Crippen molar-refractivity contribution in [3.8, 4) is 0 Å². The van der Waals surface area contributed by atoms with Gasteiger partial charge >= 0.3 is 0 Å². The van der Waals surface area contributed by atoms with Gasteiger partial charge in [0.1, 0.15) is 0 Å². The number of carbonyl (C=O) groups is 1. The van der Waals surface area contributed by atoms with Crippen molar-refractivity contribution in [3.05, 3.63) is 17.5 Å². The Morgan fingerprint density at radius 2 is 2.00 bits per heavy atom. The summed E-state index contributed by atoms with van der Waals surface area (Å²) in [6, 6.07) is 0.445. The molecule has 3 rings (SSSR count). The van der Waals surface area contributed by atoms with Crippen LogP contribution in [0.4, 0.5) is 5.95 Å².